The topological polar surface area (TPSA) is 131 Å². The Morgan fingerprint density at radius 2 is 2.04 bits per heavy atom. The second-order valence-corrected chi connectivity index (χ2v) is 5.56. The van der Waals surface area contributed by atoms with Gasteiger partial charge in [0.05, 0.1) is 19.3 Å². The predicted molar refractivity (Wildman–Crippen MR) is 77.1 cm³/mol. The standard InChI is InChI=1S/C14H21N3O6/c1-4-23-11(19)13-6-5-7-14(13,21)17(16-12(15)20)8(2)9(13)10(18)22-3/h21H,4-7H2,1-3H3,(H3,15,16,20)/t13-,14-/m1/s1. The monoisotopic (exact) mass is 327 g/mol. The van der Waals surface area contributed by atoms with Gasteiger partial charge in [0.2, 0.25) is 0 Å². The van der Waals surface area contributed by atoms with E-state index in [0.717, 1.165) is 5.01 Å². The zero-order chi connectivity index (χ0) is 17.4. The maximum atomic E-state index is 12.7. The number of allylic oxidation sites excluding steroid dienone is 1. The Labute approximate surface area is 133 Å². The first-order chi connectivity index (χ1) is 10.8. The van der Waals surface area contributed by atoms with Crippen LogP contribution in [0.5, 0.6) is 0 Å². The van der Waals surface area contributed by atoms with Crippen LogP contribution >= 0.6 is 0 Å². The summed E-state index contributed by atoms with van der Waals surface area (Å²) in [5.41, 5.74) is 4.16. The molecule has 2 aliphatic rings. The lowest BCUT2D eigenvalue weighted by Crippen LogP contribution is -2.61. The maximum absolute atomic E-state index is 12.7. The van der Waals surface area contributed by atoms with Crippen LogP contribution in [-0.4, -0.2) is 47.5 Å². The minimum absolute atomic E-state index is 0.0211. The lowest BCUT2D eigenvalue weighted by Gasteiger charge is -2.40. The van der Waals surface area contributed by atoms with E-state index in [1.54, 1.807) is 6.92 Å². The minimum atomic E-state index is -1.83. The number of ether oxygens (including phenoxy) is 2. The Bertz CT molecular complexity index is 589. The Balaban J connectivity index is 2.66. The molecule has 23 heavy (non-hydrogen) atoms. The molecule has 0 spiro atoms. The molecule has 128 valence electrons. The van der Waals surface area contributed by atoms with Crippen molar-refractivity contribution in [2.24, 2.45) is 11.1 Å². The Morgan fingerprint density at radius 3 is 2.57 bits per heavy atom. The van der Waals surface area contributed by atoms with Crippen LogP contribution in [0.4, 0.5) is 4.79 Å². The lowest BCUT2D eigenvalue weighted by atomic mass is 9.75. The average molecular weight is 327 g/mol. The fraction of sp³-hybridized carbons (Fsp3) is 0.643. The van der Waals surface area contributed by atoms with Crippen molar-refractivity contribution >= 4 is 18.0 Å². The van der Waals surface area contributed by atoms with E-state index in [0.29, 0.717) is 6.42 Å². The smallest absolute Gasteiger partial charge is 0.336 e. The van der Waals surface area contributed by atoms with Crippen LogP contribution in [0.2, 0.25) is 0 Å². The second kappa shape index (κ2) is 5.73. The fourth-order valence-corrected chi connectivity index (χ4v) is 3.67. The second-order valence-electron chi connectivity index (χ2n) is 5.56. The van der Waals surface area contributed by atoms with Gasteiger partial charge in [-0.3, -0.25) is 9.80 Å². The van der Waals surface area contributed by atoms with E-state index < -0.39 is 29.1 Å². The van der Waals surface area contributed by atoms with Gasteiger partial charge < -0.3 is 20.3 Å². The van der Waals surface area contributed by atoms with Crippen molar-refractivity contribution in [2.75, 3.05) is 13.7 Å². The number of esters is 2. The van der Waals surface area contributed by atoms with Gasteiger partial charge in [-0.1, -0.05) is 0 Å². The van der Waals surface area contributed by atoms with E-state index in [9.17, 15) is 19.5 Å². The number of fused-ring (bicyclic) bond motifs is 1. The molecule has 0 radical (unpaired) electrons. The highest BCUT2D eigenvalue weighted by Crippen LogP contribution is 2.59. The van der Waals surface area contributed by atoms with Gasteiger partial charge in [0.15, 0.2) is 11.1 Å². The predicted octanol–water partition coefficient (Wildman–Crippen LogP) is -0.246. The van der Waals surface area contributed by atoms with Crippen LogP contribution in [0.3, 0.4) is 0 Å². The molecule has 2 amide bonds. The SMILES string of the molecule is CCOC(=O)[C@]12CCC[C@]1(O)N(NC(N)=O)C(C)=C2C(=O)OC. The number of nitrogens with one attached hydrogen (secondary N) is 1. The van der Waals surface area contributed by atoms with Crippen LogP contribution in [0.25, 0.3) is 0 Å². The van der Waals surface area contributed by atoms with Gasteiger partial charge in [-0.15, -0.1) is 0 Å². The molecule has 0 aromatic heterocycles. The van der Waals surface area contributed by atoms with Gasteiger partial charge >= 0.3 is 18.0 Å². The van der Waals surface area contributed by atoms with Crippen LogP contribution in [-0.2, 0) is 19.1 Å². The summed E-state index contributed by atoms with van der Waals surface area (Å²) in [5.74, 6) is -1.49. The van der Waals surface area contributed by atoms with E-state index in [1.807, 2.05) is 0 Å². The van der Waals surface area contributed by atoms with Crippen LogP contribution in [0.15, 0.2) is 11.3 Å². The van der Waals surface area contributed by atoms with E-state index in [-0.39, 0.29) is 30.7 Å². The van der Waals surface area contributed by atoms with Crippen molar-refractivity contribution < 1.29 is 29.0 Å². The first kappa shape index (κ1) is 17.1. The molecule has 1 fully saturated rings. The van der Waals surface area contributed by atoms with Crippen molar-refractivity contribution in [3.63, 3.8) is 0 Å². The molecule has 1 saturated carbocycles. The summed E-state index contributed by atoms with van der Waals surface area (Å²) in [6.07, 6.45) is 0.811. The Morgan fingerprint density at radius 1 is 1.39 bits per heavy atom. The highest BCUT2D eigenvalue weighted by atomic mass is 16.5. The molecule has 2 atom stereocenters. The van der Waals surface area contributed by atoms with Crippen LogP contribution in [0, 0.1) is 5.41 Å². The number of hydrogen-bond donors (Lipinski definition) is 3. The summed E-state index contributed by atoms with van der Waals surface area (Å²) in [4.78, 5) is 36.2. The third-order valence-corrected chi connectivity index (χ3v) is 4.49. The van der Waals surface area contributed by atoms with Gasteiger partial charge in [0, 0.05) is 5.70 Å². The zero-order valence-electron chi connectivity index (χ0n) is 13.3. The van der Waals surface area contributed by atoms with Crippen molar-refractivity contribution in [3.8, 4) is 0 Å². The molecule has 4 N–H and O–H groups in total. The number of nitrogens with two attached hydrogens (primary N) is 1. The molecule has 0 aromatic rings. The molecule has 0 aromatic carbocycles. The first-order valence-electron chi connectivity index (χ1n) is 7.31. The number of aliphatic hydroxyl groups is 1. The third kappa shape index (κ3) is 2.14. The molecule has 1 aliphatic carbocycles. The quantitative estimate of drug-likeness (QED) is 0.607. The summed E-state index contributed by atoms with van der Waals surface area (Å²) >= 11 is 0. The summed E-state index contributed by atoms with van der Waals surface area (Å²) < 4.78 is 9.89. The number of nitrogens with zero attached hydrogens (tertiary/aromatic N) is 1. The van der Waals surface area contributed by atoms with Crippen molar-refractivity contribution in [1.82, 2.24) is 10.4 Å². The number of urea groups is 1. The summed E-state index contributed by atoms with van der Waals surface area (Å²) in [6.45, 7) is 3.22. The average Bonchev–Trinajstić information content (AvgIpc) is 2.91. The normalized spacial score (nSPS) is 29.3. The molecule has 0 saturated heterocycles. The van der Waals surface area contributed by atoms with Crippen LogP contribution in [0.1, 0.15) is 33.1 Å². The highest BCUT2D eigenvalue weighted by Gasteiger charge is 2.71. The molecular weight excluding hydrogens is 306 g/mol. The summed E-state index contributed by atoms with van der Waals surface area (Å²) in [7, 11) is 1.18. The number of carbonyl (C=O) groups excluding carboxylic acids is 3. The van der Waals surface area contributed by atoms with Crippen molar-refractivity contribution in [2.45, 2.75) is 38.8 Å². The first-order valence-corrected chi connectivity index (χ1v) is 7.31. The number of carbonyl (C=O) groups is 3. The molecule has 0 unspecified atom stereocenters. The summed E-state index contributed by atoms with van der Waals surface area (Å²) in [5, 5.41) is 12.3. The molecular formula is C14H21N3O6. The van der Waals surface area contributed by atoms with Gasteiger partial charge in [-0.2, -0.15) is 0 Å². The number of amides is 2. The molecule has 1 heterocycles. The van der Waals surface area contributed by atoms with E-state index in [4.69, 9.17) is 15.2 Å². The van der Waals surface area contributed by atoms with Gasteiger partial charge in [-0.05, 0) is 33.1 Å². The Kier molecular flexibility index (Phi) is 4.25. The van der Waals surface area contributed by atoms with Crippen LogP contribution < -0.4 is 11.2 Å². The number of rotatable bonds is 4. The summed E-state index contributed by atoms with van der Waals surface area (Å²) in [6, 6.07) is -0.923. The number of hydrogen-bond acceptors (Lipinski definition) is 7. The molecule has 1 aliphatic heterocycles. The third-order valence-electron chi connectivity index (χ3n) is 4.49. The number of hydrazine groups is 1. The molecule has 2 rings (SSSR count). The van der Waals surface area contributed by atoms with Gasteiger partial charge in [-0.25, -0.2) is 15.0 Å². The molecule has 9 heteroatoms. The van der Waals surface area contributed by atoms with Crippen molar-refractivity contribution in [1.29, 1.82) is 0 Å². The molecule has 0 bridgehead atoms. The van der Waals surface area contributed by atoms with Gasteiger partial charge in [0.1, 0.15) is 0 Å². The van der Waals surface area contributed by atoms with Gasteiger partial charge in [0.25, 0.3) is 0 Å². The fourth-order valence-electron chi connectivity index (χ4n) is 3.67. The number of methoxy groups -OCH3 is 1. The van der Waals surface area contributed by atoms with Crippen molar-refractivity contribution in [3.05, 3.63) is 11.3 Å². The Hall–Kier alpha value is -2.29. The highest BCUT2D eigenvalue weighted by molar-refractivity contribution is 6.01. The maximum Gasteiger partial charge on any atom is 0.336 e. The van der Waals surface area contributed by atoms with E-state index in [2.05, 4.69) is 5.43 Å². The largest absolute Gasteiger partial charge is 0.466 e. The zero-order valence-corrected chi connectivity index (χ0v) is 13.3. The lowest BCUT2D eigenvalue weighted by molar-refractivity contribution is -0.187. The number of primary amides is 1. The van der Waals surface area contributed by atoms with E-state index >= 15 is 0 Å². The van der Waals surface area contributed by atoms with E-state index in [1.165, 1.54) is 14.0 Å². The molecule has 9 nitrogen and oxygen atoms in total. The minimum Gasteiger partial charge on any atom is -0.466 e.